The molecule has 7 heteroatoms. The van der Waals surface area contributed by atoms with Crippen molar-refractivity contribution < 1.29 is 24.2 Å². The van der Waals surface area contributed by atoms with Gasteiger partial charge in [-0.1, -0.05) is 35.9 Å². The van der Waals surface area contributed by atoms with E-state index >= 15 is 0 Å². The number of carbonyl (C=O) groups is 2. The molecule has 1 amide bonds. The Morgan fingerprint density at radius 2 is 1.74 bits per heavy atom. The van der Waals surface area contributed by atoms with Crippen molar-refractivity contribution in [2.75, 3.05) is 0 Å². The Morgan fingerprint density at radius 1 is 1.10 bits per heavy atom. The number of hydrogen-bond donors (Lipinski definition) is 2. The van der Waals surface area contributed by atoms with Crippen LogP contribution in [0, 0.1) is 6.92 Å². The molecular formula is C24H28N2O5. The number of benzene rings is 2. The van der Waals surface area contributed by atoms with Crippen LogP contribution in [0.2, 0.25) is 0 Å². The van der Waals surface area contributed by atoms with Crippen LogP contribution in [0.1, 0.15) is 31.9 Å². The van der Waals surface area contributed by atoms with Crippen LogP contribution in [-0.4, -0.2) is 33.4 Å². The SMILES string of the molecule is Cc1ccc(Oc2c(CC(NC(=O)OC(C)(C)C)C(=O)O)c3ccccc3n2C)cc1. The van der Waals surface area contributed by atoms with Crippen LogP contribution in [0.3, 0.4) is 0 Å². The summed E-state index contributed by atoms with van der Waals surface area (Å²) in [6, 6.07) is 14.1. The molecule has 3 aromatic rings. The highest BCUT2D eigenvalue weighted by atomic mass is 16.6. The van der Waals surface area contributed by atoms with E-state index in [0.29, 0.717) is 17.2 Å². The number of rotatable bonds is 6. The van der Waals surface area contributed by atoms with Gasteiger partial charge in [0.25, 0.3) is 0 Å². The first-order chi connectivity index (χ1) is 14.5. The second-order valence-electron chi connectivity index (χ2n) is 8.52. The molecule has 1 aromatic heterocycles. The zero-order valence-electron chi connectivity index (χ0n) is 18.4. The Balaban J connectivity index is 1.97. The number of aromatic nitrogens is 1. The third kappa shape index (κ3) is 5.36. The quantitative estimate of drug-likeness (QED) is 0.593. The molecule has 164 valence electrons. The number of para-hydroxylation sites is 1. The van der Waals surface area contributed by atoms with Crippen LogP contribution in [0.25, 0.3) is 10.9 Å². The van der Waals surface area contributed by atoms with E-state index in [1.54, 1.807) is 20.8 Å². The number of aryl methyl sites for hydroxylation is 2. The van der Waals surface area contributed by atoms with Crippen molar-refractivity contribution in [3.63, 3.8) is 0 Å². The number of fused-ring (bicyclic) bond motifs is 1. The highest BCUT2D eigenvalue weighted by Crippen LogP contribution is 2.35. The molecule has 0 saturated heterocycles. The Hall–Kier alpha value is -3.48. The van der Waals surface area contributed by atoms with Gasteiger partial charge in [0.2, 0.25) is 5.88 Å². The number of ether oxygens (including phenoxy) is 2. The highest BCUT2D eigenvalue weighted by molar-refractivity contribution is 5.88. The molecule has 0 spiro atoms. The van der Waals surface area contributed by atoms with Crippen LogP contribution in [0.4, 0.5) is 4.79 Å². The number of nitrogens with one attached hydrogen (secondary N) is 1. The first-order valence-corrected chi connectivity index (χ1v) is 10.1. The van der Waals surface area contributed by atoms with E-state index in [0.717, 1.165) is 16.5 Å². The molecular weight excluding hydrogens is 396 g/mol. The van der Waals surface area contributed by atoms with Gasteiger partial charge < -0.3 is 24.5 Å². The molecule has 7 nitrogen and oxygen atoms in total. The van der Waals surface area contributed by atoms with Gasteiger partial charge in [-0.25, -0.2) is 9.59 Å². The summed E-state index contributed by atoms with van der Waals surface area (Å²) in [4.78, 5) is 24.1. The average Bonchev–Trinajstić information content (AvgIpc) is 2.93. The van der Waals surface area contributed by atoms with Crippen LogP contribution >= 0.6 is 0 Å². The third-order valence-corrected chi connectivity index (χ3v) is 4.79. The molecule has 0 saturated carbocycles. The summed E-state index contributed by atoms with van der Waals surface area (Å²) >= 11 is 0. The minimum atomic E-state index is -1.18. The van der Waals surface area contributed by atoms with Gasteiger partial charge in [-0.15, -0.1) is 0 Å². The number of hydrogen-bond acceptors (Lipinski definition) is 4. The molecule has 0 aliphatic rings. The Kier molecular flexibility index (Phi) is 6.24. The van der Waals surface area contributed by atoms with Crippen molar-refractivity contribution in [2.45, 2.75) is 45.8 Å². The number of nitrogens with zero attached hydrogens (tertiary/aromatic N) is 1. The minimum absolute atomic E-state index is 0.0388. The normalized spacial score (nSPS) is 12.4. The summed E-state index contributed by atoms with van der Waals surface area (Å²) in [6.07, 6.45) is -0.738. The highest BCUT2D eigenvalue weighted by Gasteiger charge is 2.28. The predicted molar refractivity (Wildman–Crippen MR) is 119 cm³/mol. The topological polar surface area (TPSA) is 89.8 Å². The van der Waals surface area contributed by atoms with Crippen molar-refractivity contribution in [1.29, 1.82) is 0 Å². The van der Waals surface area contributed by atoms with E-state index in [-0.39, 0.29) is 6.42 Å². The summed E-state index contributed by atoms with van der Waals surface area (Å²) in [5, 5.41) is 13.1. The lowest BCUT2D eigenvalue weighted by Gasteiger charge is -2.22. The Labute approximate surface area is 181 Å². The largest absolute Gasteiger partial charge is 0.480 e. The number of amides is 1. The van der Waals surface area contributed by atoms with Gasteiger partial charge in [-0.2, -0.15) is 0 Å². The van der Waals surface area contributed by atoms with Gasteiger partial charge in [0.1, 0.15) is 17.4 Å². The molecule has 1 unspecified atom stereocenters. The molecule has 0 radical (unpaired) electrons. The van der Waals surface area contributed by atoms with Crippen LogP contribution in [0.15, 0.2) is 48.5 Å². The maximum absolute atomic E-state index is 12.2. The van der Waals surface area contributed by atoms with E-state index in [4.69, 9.17) is 9.47 Å². The molecule has 1 atom stereocenters. The van der Waals surface area contributed by atoms with Gasteiger partial charge in [0.05, 0.1) is 5.52 Å². The smallest absolute Gasteiger partial charge is 0.408 e. The van der Waals surface area contributed by atoms with Gasteiger partial charge >= 0.3 is 12.1 Å². The average molecular weight is 424 g/mol. The van der Waals surface area contributed by atoms with E-state index < -0.39 is 23.7 Å². The molecule has 2 N–H and O–H groups in total. The second-order valence-corrected chi connectivity index (χ2v) is 8.52. The maximum atomic E-state index is 12.2. The Morgan fingerprint density at radius 3 is 2.35 bits per heavy atom. The molecule has 0 fully saturated rings. The first kappa shape index (κ1) is 22.2. The lowest BCUT2D eigenvalue weighted by molar-refractivity contribution is -0.139. The monoisotopic (exact) mass is 424 g/mol. The van der Waals surface area contributed by atoms with E-state index in [1.165, 1.54) is 0 Å². The number of carbonyl (C=O) groups excluding carboxylic acids is 1. The van der Waals surface area contributed by atoms with Crippen molar-refractivity contribution in [3.8, 4) is 11.6 Å². The first-order valence-electron chi connectivity index (χ1n) is 10.1. The molecule has 0 aliphatic heterocycles. The molecule has 0 aliphatic carbocycles. The van der Waals surface area contributed by atoms with Gasteiger partial charge in [-0.3, -0.25) is 0 Å². The minimum Gasteiger partial charge on any atom is -0.480 e. The number of aliphatic carboxylic acids is 1. The Bertz CT molecular complexity index is 1090. The number of carboxylic acid groups (broad SMARTS) is 1. The zero-order valence-corrected chi connectivity index (χ0v) is 18.4. The van der Waals surface area contributed by atoms with Gasteiger partial charge in [0, 0.05) is 24.4 Å². The summed E-state index contributed by atoms with van der Waals surface area (Å²) in [7, 11) is 1.87. The van der Waals surface area contributed by atoms with Crippen LogP contribution in [0.5, 0.6) is 11.6 Å². The fourth-order valence-corrected chi connectivity index (χ4v) is 3.35. The molecule has 3 rings (SSSR count). The van der Waals surface area contributed by atoms with E-state index in [1.807, 2.05) is 67.1 Å². The summed E-state index contributed by atoms with van der Waals surface area (Å²) in [5.41, 5.74) is 1.98. The maximum Gasteiger partial charge on any atom is 0.408 e. The van der Waals surface area contributed by atoms with Gasteiger partial charge in [-0.05, 0) is 45.9 Å². The molecule has 31 heavy (non-hydrogen) atoms. The lowest BCUT2D eigenvalue weighted by atomic mass is 10.0. The second kappa shape index (κ2) is 8.71. The van der Waals surface area contributed by atoms with E-state index in [9.17, 15) is 14.7 Å². The van der Waals surface area contributed by atoms with Crippen molar-refractivity contribution >= 4 is 23.0 Å². The molecule has 1 heterocycles. The zero-order chi connectivity index (χ0) is 22.8. The molecule has 0 bridgehead atoms. The fraction of sp³-hybridized carbons (Fsp3) is 0.333. The van der Waals surface area contributed by atoms with Crippen molar-refractivity contribution in [2.24, 2.45) is 7.05 Å². The van der Waals surface area contributed by atoms with Crippen molar-refractivity contribution in [3.05, 3.63) is 59.7 Å². The fourth-order valence-electron chi connectivity index (χ4n) is 3.35. The van der Waals surface area contributed by atoms with E-state index in [2.05, 4.69) is 5.32 Å². The number of carboxylic acids is 1. The molecule has 2 aromatic carbocycles. The van der Waals surface area contributed by atoms with Crippen LogP contribution < -0.4 is 10.1 Å². The predicted octanol–water partition coefficient (Wildman–Crippen LogP) is 4.80. The lowest BCUT2D eigenvalue weighted by Crippen LogP contribution is -2.44. The van der Waals surface area contributed by atoms with Crippen LogP contribution in [-0.2, 0) is 23.0 Å². The summed E-state index contributed by atoms with van der Waals surface area (Å²) in [5.74, 6) is 0.0205. The van der Waals surface area contributed by atoms with Crippen molar-refractivity contribution in [1.82, 2.24) is 9.88 Å². The summed E-state index contributed by atoms with van der Waals surface area (Å²) in [6.45, 7) is 7.16. The summed E-state index contributed by atoms with van der Waals surface area (Å²) < 4.78 is 13.3. The number of alkyl carbamates (subject to hydrolysis) is 1. The third-order valence-electron chi connectivity index (χ3n) is 4.79. The standard InChI is InChI=1S/C24H28N2O5/c1-15-10-12-16(13-11-15)30-21-18(17-8-6-7-9-20(17)26(21)5)14-19(22(27)28)25-23(29)31-24(2,3)4/h6-13,19H,14H2,1-5H3,(H,25,29)(H,27,28). The van der Waals surface area contributed by atoms with Gasteiger partial charge in [0.15, 0.2) is 0 Å².